The van der Waals surface area contributed by atoms with E-state index in [1.807, 2.05) is 26.8 Å². The highest BCUT2D eigenvalue weighted by Gasteiger charge is 2.20. The van der Waals surface area contributed by atoms with Gasteiger partial charge in [0.2, 0.25) is 10.0 Å². The lowest BCUT2D eigenvalue weighted by atomic mass is 9.93. The summed E-state index contributed by atoms with van der Waals surface area (Å²) in [5.74, 6) is 0.872. The number of nitrogens with one attached hydrogen (secondary N) is 1. The smallest absolute Gasteiger partial charge is 0.251 e. The number of hydrogen-bond acceptors (Lipinski definition) is 4. The summed E-state index contributed by atoms with van der Waals surface area (Å²) >= 11 is 0. The van der Waals surface area contributed by atoms with E-state index in [2.05, 4.69) is 25.2 Å². The molecule has 1 N–H and O–H groups in total. The Morgan fingerprint density at radius 3 is 2.20 bits per heavy atom. The van der Waals surface area contributed by atoms with Crippen molar-refractivity contribution in [1.29, 1.82) is 0 Å². The Morgan fingerprint density at radius 2 is 1.67 bits per heavy atom. The highest BCUT2D eigenvalue weighted by molar-refractivity contribution is 7.92. The minimum Gasteiger partial charge on any atom is -0.496 e. The number of amides is 1. The topological polar surface area (TPSA) is 75.7 Å². The third-order valence-corrected chi connectivity index (χ3v) is 6.55. The van der Waals surface area contributed by atoms with Crippen LogP contribution in [0.25, 0.3) is 0 Å². The van der Waals surface area contributed by atoms with Crippen LogP contribution < -0.4 is 14.4 Å². The summed E-state index contributed by atoms with van der Waals surface area (Å²) in [6, 6.07) is 8.93. The zero-order valence-corrected chi connectivity index (χ0v) is 19.8. The standard InChI is InChI=1S/C23H32N2O4S/c1-14(2)19-13-20(16(4)11-22(19)29-7)17(5)24-23(26)18-10-9-15(3)21(12-18)25(6)30(8,27)28/h9-14,17H,1-8H3,(H,24,26). The molecule has 0 spiro atoms. The summed E-state index contributed by atoms with van der Waals surface area (Å²) in [5, 5.41) is 3.03. The molecule has 2 aromatic carbocycles. The molecule has 0 heterocycles. The molecule has 1 atom stereocenters. The Kier molecular flexibility index (Phi) is 7.18. The van der Waals surface area contributed by atoms with Crippen LogP contribution >= 0.6 is 0 Å². The van der Waals surface area contributed by atoms with Crippen molar-refractivity contribution >= 4 is 21.6 Å². The van der Waals surface area contributed by atoms with Gasteiger partial charge in [-0.15, -0.1) is 0 Å². The van der Waals surface area contributed by atoms with Gasteiger partial charge in [-0.1, -0.05) is 19.9 Å². The molecule has 0 aromatic heterocycles. The molecule has 0 saturated carbocycles. The van der Waals surface area contributed by atoms with Crippen LogP contribution in [-0.4, -0.2) is 34.7 Å². The summed E-state index contributed by atoms with van der Waals surface area (Å²) in [4.78, 5) is 12.9. The number of aryl methyl sites for hydroxylation is 2. The van der Waals surface area contributed by atoms with E-state index in [0.29, 0.717) is 11.3 Å². The lowest BCUT2D eigenvalue weighted by molar-refractivity contribution is 0.0940. The van der Waals surface area contributed by atoms with E-state index in [1.54, 1.807) is 25.3 Å². The van der Waals surface area contributed by atoms with Crippen LogP contribution in [0.15, 0.2) is 30.3 Å². The van der Waals surface area contributed by atoms with Gasteiger partial charge < -0.3 is 10.1 Å². The van der Waals surface area contributed by atoms with Crippen LogP contribution in [0.2, 0.25) is 0 Å². The van der Waals surface area contributed by atoms with E-state index in [0.717, 1.165) is 34.3 Å². The lowest BCUT2D eigenvalue weighted by Gasteiger charge is -2.22. The first-order valence-electron chi connectivity index (χ1n) is 9.90. The molecule has 2 aromatic rings. The molecule has 6 nitrogen and oxygen atoms in total. The van der Waals surface area contributed by atoms with E-state index >= 15 is 0 Å². The van der Waals surface area contributed by atoms with E-state index in [9.17, 15) is 13.2 Å². The maximum Gasteiger partial charge on any atom is 0.251 e. The monoisotopic (exact) mass is 432 g/mol. The van der Waals surface area contributed by atoms with Gasteiger partial charge >= 0.3 is 0 Å². The highest BCUT2D eigenvalue weighted by atomic mass is 32.2. The fraction of sp³-hybridized carbons (Fsp3) is 0.435. The van der Waals surface area contributed by atoms with Gasteiger partial charge in [-0.25, -0.2) is 8.42 Å². The van der Waals surface area contributed by atoms with Crippen LogP contribution in [-0.2, 0) is 10.0 Å². The van der Waals surface area contributed by atoms with Crippen molar-refractivity contribution < 1.29 is 17.9 Å². The van der Waals surface area contributed by atoms with Crippen molar-refractivity contribution in [3.05, 3.63) is 58.1 Å². The largest absolute Gasteiger partial charge is 0.496 e. The number of anilines is 1. The second-order valence-corrected chi connectivity index (χ2v) is 10.0. The van der Waals surface area contributed by atoms with Gasteiger partial charge in [0.15, 0.2) is 0 Å². The number of carbonyl (C=O) groups is 1. The molecule has 0 radical (unpaired) electrons. The Morgan fingerprint density at radius 1 is 1.03 bits per heavy atom. The molecule has 0 bridgehead atoms. The van der Waals surface area contributed by atoms with Crippen molar-refractivity contribution in [3.8, 4) is 5.75 Å². The summed E-state index contributed by atoms with van der Waals surface area (Å²) in [6.45, 7) is 9.96. The van der Waals surface area contributed by atoms with Crippen molar-refractivity contribution in [3.63, 3.8) is 0 Å². The van der Waals surface area contributed by atoms with Crippen molar-refractivity contribution in [2.45, 2.75) is 46.6 Å². The zero-order valence-electron chi connectivity index (χ0n) is 19.0. The molecule has 0 saturated heterocycles. The number of methoxy groups -OCH3 is 1. The van der Waals surface area contributed by atoms with Crippen molar-refractivity contribution in [2.24, 2.45) is 0 Å². The minimum atomic E-state index is -3.42. The minimum absolute atomic E-state index is 0.224. The maximum absolute atomic E-state index is 12.9. The van der Waals surface area contributed by atoms with E-state index in [4.69, 9.17) is 4.74 Å². The molecule has 7 heteroatoms. The lowest BCUT2D eigenvalue weighted by Crippen LogP contribution is -2.29. The number of hydrogen-bond donors (Lipinski definition) is 1. The SMILES string of the molecule is COc1cc(C)c(C(C)NC(=O)c2ccc(C)c(N(C)S(C)(=O)=O)c2)cc1C(C)C. The predicted octanol–water partition coefficient (Wildman–Crippen LogP) is 4.32. The molecule has 2 rings (SSSR count). The first-order chi connectivity index (χ1) is 13.9. The molecule has 0 fully saturated rings. The van der Waals surface area contributed by atoms with Gasteiger partial charge in [0.25, 0.3) is 5.91 Å². The molecule has 1 unspecified atom stereocenters. The number of benzene rings is 2. The van der Waals surface area contributed by atoms with Crippen LogP contribution in [0.5, 0.6) is 5.75 Å². The quantitative estimate of drug-likeness (QED) is 0.707. The fourth-order valence-electron chi connectivity index (χ4n) is 3.44. The van der Waals surface area contributed by atoms with E-state index < -0.39 is 10.0 Å². The Labute approximate surface area is 180 Å². The number of rotatable bonds is 7. The van der Waals surface area contributed by atoms with Gasteiger partial charge in [-0.3, -0.25) is 9.10 Å². The van der Waals surface area contributed by atoms with Gasteiger partial charge in [-0.05, 0) is 73.2 Å². The highest BCUT2D eigenvalue weighted by Crippen LogP contribution is 2.32. The number of nitrogens with zero attached hydrogens (tertiary/aromatic N) is 1. The molecule has 1 amide bonds. The van der Waals surface area contributed by atoms with Crippen LogP contribution in [0.1, 0.15) is 65.3 Å². The molecule has 0 aliphatic carbocycles. The van der Waals surface area contributed by atoms with Gasteiger partial charge in [0.05, 0.1) is 25.1 Å². The van der Waals surface area contributed by atoms with Gasteiger partial charge in [0, 0.05) is 12.6 Å². The summed E-state index contributed by atoms with van der Waals surface area (Å²) in [5.41, 5.74) is 4.82. The van der Waals surface area contributed by atoms with Crippen LogP contribution in [0.3, 0.4) is 0 Å². The number of sulfonamides is 1. The Balaban J connectivity index is 2.34. The molecule has 30 heavy (non-hydrogen) atoms. The van der Waals surface area contributed by atoms with Crippen molar-refractivity contribution in [1.82, 2.24) is 5.32 Å². The zero-order chi connectivity index (χ0) is 22.8. The molecule has 0 aliphatic heterocycles. The molecular formula is C23H32N2O4S. The summed E-state index contributed by atoms with van der Waals surface area (Å²) in [7, 11) is -0.279. The molecule has 164 valence electrons. The summed E-state index contributed by atoms with van der Waals surface area (Å²) < 4.78 is 30.5. The number of carbonyl (C=O) groups excluding carboxylic acids is 1. The fourth-order valence-corrected chi connectivity index (χ4v) is 3.99. The van der Waals surface area contributed by atoms with E-state index in [-0.39, 0.29) is 17.9 Å². The van der Waals surface area contributed by atoms with E-state index in [1.165, 1.54) is 11.4 Å². The first kappa shape index (κ1) is 23.7. The van der Waals surface area contributed by atoms with Crippen LogP contribution in [0.4, 0.5) is 5.69 Å². The Hall–Kier alpha value is -2.54. The second-order valence-electron chi connectivity index (χ2n) is 8.03. The van der Waals surface area contributed by atoms with Gasteiger partial charge in [-0.2, -0.15) is 0 Å². The average Bonchev–Trinajstić information content (AvgIpc) is 2.66. The first-order valence-corrected chi connectivity index (χ1v) is 11.8. The van der Waals surface area contributed by atoms with Crippen LogP contribution in [0, 0.1) is 13.8 Å². The second kappa shape index (κ2) is 9.08. The molecule has 0 aliphatic rings. The molecular weight excluding hydrogens is 400 g/mol. The normalized spacial score (nSPS) is 12.6. The Bertz CT molecular complexity index is 1050. The van der Waals surface area contributed by atoms with Crippen molar-refractivity contribution in [2.75, 3.05) is 24.7 Å². The predicted molar refractivity (Wildman–Crippen MR) is 122 cm³/mol. The average molecular weight is 433 g/mol. The third kappa shape index (κ3) is 5.14. The third-order valence-electron chi connectivity index (χ3n) is 5.36. The maximum atomic E-state index is 12.9. The van der Waals surface area contributed by atoms with Gasteiger partial charge in [0.1, 0.15) is 5.75 Å². The number of ether oxygens (including phenoxy) is 1. The summed E-state index contributed by atoms with van der Waals surface area (Å²) in [6.07, 6.45) is 1.14.